The van der Waals surface area contributed by atoms with Gasteiger partial charge in [0.1, 0.15) is 17.0 Å². The van der Waals surface area contributed by atoms with Gasteiger partial charge in [-0.3, -0.25) is 4.99 Å². The van der Waals surface area contributed by atoms with Crippen molar-refractivity contribution in [2.24, 2.45) is 4.99 Å². The van der Waals surface area contributed by atoms with E-state index in [0.29, 0.717) is 6.04 Å². The number of quaternary nitrogens is 1. The Morgan fingerprint density at radius 2 is 2.26 bits per heavy atom. The SMILES string of the molecule is Cc1csc([C@@H](C#N)C=NC[C@@H](c2cccs2)[NH+]2CCCC2)n1. The van der Waals surface area contributed by atoms with Crippen LogP contribution in [0.3, 0.4) is 0 Å². The molecule has 6 heteroatoms. The first-order valence-corrected chi connectivity index (χ1v) is 9.73. The van der Waals surface area contributed by atoms with E-state index in [9.17, 15) is 5.26 Å². The molecule has 1 fully saturated rings. The van der Waals surface area contributed by atoms with Gasteiger partial charge in [0.2, 0.25) is 0 Å². The molecular weight excluding hydrogens is 324 g/mol. The highest BCUT2D eigenvalue weighted by Gasteiger charge is 2.27. The van der Waals surface area contributed by atoms with Gasteiger partial charge >= 0.3 is 0 Å². The zero-order chi connectivity index (χ0) is 16.1. The Balaban J connectivity index is 1.69. The lowest BCUT2D eigenvalue weighted by Crippen LogP contribution is -3.10. The molecule has 1 aliphatic rings. The Hall–Kier alpha value is -1.55. The van der Waals surface area contributed by atoms with Crippen LogP contribution in [0.2, 0.25) is 0 Å². The number of thiazole rings is 1. The first-order valence-electron chi connectivity index (χ1n) is 7.97. The number of hydrogen-bond donors (Lipinski definition) is 1. The zero-order valence-electron chi connectivity index (χ0n) is 13.2. The Labute approximate surface area is 145 Å². The number of nitrogens with one attached hydrogen (secondary N) is 1. The van der Waals surface area contributed by atoms with E-state index < -0.39 is 0 Å². The van der Waals surface area contributed by atoms with Crippen LogP contribution in [0.5, 0.6) is 0 Å². The maximum Gasteiger partial charge on any atom is 0.142 e. The molecule has 2 aromatic heterocycles. The highest BCUT2D eigenvalue weighted by atomic mass is 32.1. The quantitative estimate of drug-likeness (QED) is 0.818. The van der Waals surface area contributed by atoms with Crippen LogP contribution in [-0.4, -0.2) is 30.8 Å². The molecule has 0 saturated carbocycles. The molecule has 0 aliphatic carbocycles. The molecule has 0 aromatic carbocycles. The van der Waals surface area contributed by atoms with E-state index in [1.54, 1.807) is 11.1 Å². The van der Waals surface area contributed by atoms with E-state index in [4.69, 9.17) is 0 Å². The summed E-state index contributed by atoms with van der Waals surface area (Å²) in [5, 5.41) is 14.3. The van der Waals surface area contributed by atoms with Gasteiger partial charge in [0.15, 0.2) is 0 Å². The number of thiophene rings is 1. The van der Waals surface area contributed by atoms with E-state index in [0.717, 1.165) is 17.2 Å². The number of rotatable bonds is 6. The van der Waals surface area contributed by atoms with Crippen molar-refractivity contribution < 1.29 is 4.90 Å². The minimum Gasteiger partial charge on any atom is -0.327 e. The largest absolute Gasteiger partial charge is 0.327 e. The molecule has 1 saturated heterocycles. The Morgan fingerprint density at radius 3 is 2.87 bits per heavy atom. The molecule has 0 spiro atoms. The van der Waals surface area contributed by atoms with Gasteiger partial charge in [0.25, 0.3) is 0 Å². The Bertz CT molecular complexity index is 678. The van der Waals surface area contributed by atoms with Gasteiger partial charge in [-0.1, -0.05) is 6.07 Å². The molecule has 1 aliphatic heterocycles. The van der Waals surface area contributed by atoms with Gasteiger partial charge in [-0.05, 0) is 18.4 Å². The highest BCUT2D eigenvalue weighted by molar-refractivity contribution is 7.10. The van der Waals surface area contributed by atoms with Crippen molar-refractivity contribution in [2.75, 3.05) is 19.6 Å². The summed E-state index contributed by atoms with van der Waals surface area (Å²) in [6, 6.07) is 7.05. The molecule has 0 unspecified atom stereocenters. The number of aryl methyl sites for hydroxylation is 1. The number of nitrogens with zero attached hydrogens (tertiary/aromatic N) is 3. The van der Waals surface area contributed by atoms with Crippen LogP contribution in [0.1, 0.15) is 40.4 Å². The number of aromatic nitrogens is 1. The third kappa shape index (κ3) is 4.05. The molecule has 3 rings (SSSR count). The van der Waals surface area contributed by atoms with Gasteiger partial charge < -0.3 is 4.90 Å². The van der Waals surface area contributed by atoms with Gasteiger partial charge in [-0.2, -0.15) is 5.26 Å². The number of aliphatic imine (C=N–C) groups is 1. The lowest BCUT2D eigenvalue weighted by molar-refractivity contribution is -0.917. The molecule has 0 amide bonds. The second-order valence-corrected chi connectivity index (χ2v) is 7.75. The van der Waals surface area contributed by atoms with Crippen LogP contribution in [0.15, 0.2) is 27.9 Å². The fourth-order valence-corrected chi connectivity index (χ4v) is 4.70. The van der Waals surface area contributed by atoms with E-state index in [1.165, 1.54) is 42.1 Å². The number of nitriles is 1. The summed E-state index contributed by atoms with van der Waals surface area (Å²) in [7, 11) is 0. The standard InChI is InChI=1S/C17H20N4S2/c1-13-12-23-17(20-13)14(9-18)10-19-11-15(16-5-4-8-22-16)21-6-2-3-7-21/h4-5,8,10,12,14-15H,2-3,6-7,11H2,1H3/p+1/t14-,15-/m0/s1. The Kier molecular flexibility index (Phi) is 5.55. The summed E-state index contributed by atoms with van der Waals surface area (Å²) < 4.78 is 0. The molecule has 2 atom stereocenters. The second-order valence-electron chi connectivity index (χ2n) is 5.88. The average molecular weight is 346 g/mol. The summed E-state index contributed by atoms with van der Waals surface area (Å²) in [5.74, 6) is -0.328. The van der Waals surface area contributed by atoms with Gasteiger partial charge in [-0.15, -0.1) is 22.7 Å². The summed E-state index contributed by atoms with van der Waals surface area (Å²) >= 11 is 3.35. The lowest BCUT2D eigenvalue weighted by Gasteiger charge is -2.22. The molecular formula is C17H21N4S2+. The van der Waals surface area contributed by atoms with Gasteiger partial charge in [-0.25, -0.2) is 4.98 Å². The van der Waals surface area contributed by atoms with E-state index in [1.807, 2.05) is 23.6 Å². The molecule has 0 bridgehead atoms. The second kappa shape index (κ2) is 7.82. The van der Waals surface area contributed by atoms with Gasteiger partial charge in [0.05, 0.1) is 30.6 Å². The summed E-state index contributed by atoms with van der Waals surface area (Å²) in [5.41, 5.74) is 0.969. The maximum absolute atomic E-state index is 9.37. The van der Waals surface area contributed by atoms with Crippen molar-refractivity contribution in [3.05, 3.63) is 38.5 Å². The molecule has 120 valence electrons. The fraction of sp³-hybridized carbons (Fsp3) is 0.471. The zero-order valence-corrected chi connectivity index (χ0v) is 14.9. The van der Waals surface area contributed by atoms with Crippen molar-refractivity contribution in [1.29, 1.82) is 5.26 Å². The van der Waals surface area contributed by atoms with Crippen LogP contribution in [0, 0.1) is 18.3 Å². The minimum absolute atomic E-state index is 0.328. The fourth-order valence-electron chi connectivity index (χ4n) is 3.03. The topological polar surface area (TPSA) is 53.5 Å². The van der Waals surface area contributed by atoms with Crippen LogP contribution in [0.25, 0.3) is 0 Å². The summed E-state index contributed by atoms with van der Waals surface area (Å²) in [6.07, 6.45) is 4.40. The predicted molar refractivity (Wildman–Crippen MR) is 95.6 cm³/mol. The minimum atomic E-state index is -0.328. The van der Waals surface area contributed by atoms with E-state index in [-0.39, 0.29) is 5.92 Å². The third-order valence-corrected chi connectivity index (χ3v) is 6.24. The Morgan fingerprint density at radius 1 is 1.43 bits per heavy atom. The van der Waals surface area contributed by atoms with Crippen molar-refractivity contribution >= 4 is 28.9 Å². The molecule has 4 nitrogen and oxygen atoms in total. The van der Waals surface area contributed by atoms with Crippen LogP contribution < -0.4 is 4.90 Å². The summed E-state index contributed by atoms with van der Waals surface area (Å²) in [6.45, 7) is 5.16. The first kappa shape index (κ1) is 16.3. The summed E-state index contributed by atoms with van der Waals surface area (Å²) in [4.78, 5) is 12.1. The molecule has 3 heterocycles. The third-order valence-electron chi connectivity index (χ3n) is 4.21. The van der Waals surface area contributed by atoms with Crippen LogP contribution in [-0.2, 0) is 0 Å². The molecule has 1 N–H and O–H groups in total. The smallest absolute Gasteiger partial charge is 0.142 e. The van der Waals surface area contributed by atoms with Crippen molar-refractivity contribution in [2.45, 2.75) is 31.7 Å². The molecule has 0 radical (unpaired) electrons. The van der Waals surface area contributed by atoms with Crippen molar-refractivity contribution in [1.82, 2.24) is 4.98 Å². The van der Waals surface area contributed by atoms with Crippen LogP contribution in [0.4, 0.5) is 0 Å². The lowest BCUT2D eigenvalue weighted by atomic mass is 10.2. The average Bonchev–Trinajstić information content (AvgIpc) is 3.30. The first-order chi connectivity index (χ1) is 11.3. The normalized spacial score (nSPS) is 18.3. The number of hydrogen-bond acceptors (Lipinski definition) is 5. The number of likely N-dealkylation sites (tertiary alicyclic amines) is 1. The molecule has 23 heavy (non-hydrogen) atoms. The van der Waals surface area contributed by atoms with Crippen molar-refractivity contribution in [3.8, 4) is 6.07 Å². The van der Waals surface area contributed by atoms with E-state index >= 15 is 0 Å². The predicted octanol–water partition coefficient (Wildman–Crippen LogP) is 2.61. The maximum atomic E-state index is 9.37. The van der Waals surface area contributed by atoms with E-state index in [2.05, 4.69) is 33.6 Å². The van der Waals surface area contributed by atoms with Crippen molar-refractivity contribution in [3.63, 3.8) is 0 Å². The monoisotopic (exact) mass is 345 g/mol. The van der Waals surface area contributed by atoms with Gasteiger partial charge in [0, 0.05) is 30.1 Å². The van der Waals surface area contributed by atoms with Crippen LogP contribution >= 0.6 is 22.7 Å². The molecule has 2 aromatic rings. The highest BCUT2D eigenvalue weighted by Crippen LogP contribution is 2.20.